The molecule has 118 valence electrons. The maximum absolute atomic E-state index is 13.0. The molecule has 0 saturated carbocycles. The molecule has 1 rings (SSSR count). The highest BCUT2D eigenvalue weighted by atomic mass is 19.4. The van der Waals surface area contributed by atoms with Gasteiger partial charge in [-0.1, -0.05) is 6.42 Å². The van der Waals surface area contributed by atoms with Crippen LogP contribution in [0.3, 0.4) is 0 Å². The Morgan fingerprint density at radius 3 is 2.45 bits per heavy atom. The van der Waals surface area contributed by atoms with E-state index in [1.54, 1.807) is 20.8 Å². The fraction of sp³-hybridized carbons (Fsp3) is 0.923. The number of carbonyl (C=O) groups is 1. The van der Waals surface area contributed by atoms with Crippen molar-refractivity contribution in [3.8, 4) is 0 Å². The van der Waals surface area contributed by atoms with Crippen LogP contribution in [-0.4, -0.2) is 36.5 Å². The van der Waals surface area contributed by atoms with Gasteiger partial charge in [0.15, 0.2) is 0 Å². The summed E-state index contributed by atoms with van der Waals surface area (Å²) in [5.74, 6) is 0. The summed E-state index contributed by atoms with van der Waals surface area (Å²) in [6, 6.07) is -2.10. The standard InChI is InChI=1S/C13H23F3N2O2/c1-12(2,3)20-11(19)18-10(13(14,15)16)8-9-6-4-5-7-17-9/h9-10,17H,4-8H2,1-3H3,(H,18,19). The molecule has 0 aromatic heterocycles. The minimum Gasteiger partial charge on any atom is -0.444 e. The van der Waals surface area contributed by atoms with E-state index in [-0.39, 0.29) is 12.5 Å². The lowest BCUT2D eigenvalue weighted by Gasteiger charge is -2.30. The second-order valence-electron chi connectivity index (χ2n) is 6.12. The van der Waals surface area contributed by atoms with Gasteiger partial charge >= 0.3 is 12.3 Å². The minimum absolute atomic E-state index is 0.164. The monoisotopic (exact) mass is 296 g/mol. The molecule has 20 heavy (non-hydrogen) atoms. The lowest BCUT2D eigenvalue weighted by atomic mass is 9.98. The molecule has 2 N–H and O–H groups in total. The molecule has 0 aliphatic carbocycles. The number of nitrogens with one attached hydrogen (secondary N) is 2. The molecule has 1 amide bonds. The van der Waals surface area contributed by atoms with Gasteiger partial charge in [-0.25, -0.2) is 4.79 Å². The van der Waals surface area contributed by atoms with E-state index in [0.717, 1.165) is 19.4 Å². The van der Waals surface area contributed by atoms with Crippen LogP contribution in [0.5, 0.6) is 0 Å². The highest BCUT2D eigenvalue weighted by Crippen LogP contribution is 2.26. The Morgan fingerprint density at radius 1 is 1.35 bits per heavy atom. The number of ether oxygens (including phenoxy) is 1. The van der Waals surface area contributed by atoms with Gasteiger partial charge in [0.25, 0.3) is 0 Å². The topological polar surface area (TPSA) is 50.4 Å². The van der Waals surface area contributed by atoms with E-state index in [1.807, 2.05) is 5.32 Å². The third-order valence-electron chi connectivity index (χ3n) is 3.02. The van der Waals surface area contributed by atoms with E-state index >= 15 is 0 Å². The van der Waals surface area contributed by atoms with Gasteiger partial charge in [0, 0.05) is 6.04 Å². The molecular weight excluding hydrogens is 273 g/mol. The molecule has 1 aliphatic rings. The lowest BCUT2D eigenvalue weighted by Crippen LogP contribution is -2.51. The van der Waals surface area contributed by atoms with E-state index in [0.29, 0.717) is 6.42 Å². The first-order chi connectivity index (χ1) is 9.08. The van der Waals surface area contributed by atoms with Crippen LogP contribution in [0.2, 0.25) is 0 Å². The van der Waals surface area contributed by atoms with E-state index in [2.05, 4.69) is 5.32 Å². The van der Waals surface area contributed by atoms with E-state index in [4.69, 9.17) is 4.74 Å². The molecule has 0 aromatic carbocycles. The summed E-state index contributed by atoms with van der Waals surface area (Å²) < 4.78 is 43.8. The Bertz CT molecular complexity index is 321. The van der Waals surface area contributed by atoms with E-state index < -0.39 is 23.9 Å². The average Bonchev–Trinajstić information content (AvgIpc) is 2.25. The molecule has 1 saturated heterocycles. The van der Waals surface area contributed by atoms with Crippen molar-refractivity contribution < 1.29 is 22.7 Å². The van der Waals surface area contributed by atoms with Crippen molar-refractivity contribution in [1.82, 2.24) is 10.6 Å². The maximum atomic E-state index is 13.0. The van der Waals surface area contributed by atoms with Gasteiger partial charge in [-0.2, -0.15) is 13.2 Å². The first kappa shape index (κ1) is 17.1. The van der Waals surface area contributed by atoms with Crippen molar-refractivity contribution in [1.29, 1.82) is 0 Å². The van der Waals surface area contributed by atoms with Gasteiger partial charge in [0.2, 0.25) is 0 Å². The molecule has 4 nitrogen and oxygen atoms in total. The molecule has 0 bridgehead atoms. The third kappa shape index (κ3) is 6.45. The largest absolute Gasteiger partial charge is 0.444 e. The van der Waals surface area contributed by atoms with E-state index in [9.17, 15) is 18.0 Å². The lowest BCUT2D eigenvalue weighted by molar-refractivity contribution is -0.158. The molecule has 1 aliphatic heterocycles. The van der Waals surface area contributed by atoms with Crippen molar-refractivity contribution in [3.63, 3.8) is 0 Å². The normalized spacial score (nSPS) is 22.2. The van der Waals surface area contributed by atoms with Crippen LogP contribution in [0.4, 0.5) is 18.0 Å². The van der Waals surface area contributed by atoms with Crippen LogP contribution in [0.15, 0.2) is 0 Å². The number of alkyl halides is 3. The quantitative estimate of drug-likeness (QED) is 0.842. The number of hydrogen-bond donors (Lipinski definition) is 2. The Morgan fingerprint density at radius 2 is 2.00 bits per heavy atom. The van der Waals surface area contributed by atoms with Crippen LogP contribution in [0.25, 0.3) is 0 Å². The second-order valence-corrected chi connectivity index (χ2v) is 6.12. The van der Waals surface area contributed by atoms with Crippen molar-refractivity contribution in [2.75, 3.05) is 6.54 Å². The van der Waals surface area contributed by atoms with Gasteiger partial charge < -0.3 is 15.4 Å². The van der Waals surface area contributed by atoms with Gasteiger partial charge in [-0.3, -0.25) is 0 Å². The number of hydrogen-bond acceptors (Lipinski definition) is 3. The molecule has 0 spiro atoms. The summed E-state index contributed by atoms with van der Waals surface area (Å²) in [5.41, 5.74) is -0.816. The summed E-state index contributed by atoms with van der Waals surface area (Å²) in [6.07, 6.45) is -3.08. The summed E-state index contributed by atoms with van der Waals surface area (Å²) in [4.78, 5) is 11.5. The molecule has 2 unspecified atom stereocenters. The number of carbonyl (C=O) groups excluding carboxylic acids is 1. The van der Waals surface area contributed by atoms with Gasteiger partial charge in [-0.15, -0.1) is 0 Å². The van der Waals surface area contributed by atoms with Crippen molar-refractivity contribution in [3.05, 3.63) is 0 Å². The molecule has 0 radical (unpaired) electrons. The molecule has 1 fully saturated rings. The van der Waals surface area contributed by atoms with Crippen LogP contribution in [-0.2, 0) is 4.74 Å². The maximum Gasteiger partial charge on any atom is 0.408 e. The highest BCUT2D eigenvalue weighted by molar-refractivity contribution is 5.68. The fourth-order valence-electron chi connectivity index (χ4n) is 2.13. The minimum atomic E-state index is -4.48. The van der Waals surface area contributed by atoms with Crippen LogP contribution < -0.4 is 10.6 Å². The fourth-order valence-corrected chi connectivity index (χ4v) is 2.13. The first-order valence-electron chi connectivity index (χ1n) is 6.87. The van der Waals surface area contributed by atoms with Gasteiger partial charge in [-0.05, 0) is 46.6 Å². The van der Waals surface area contributed by atoms with Crippen molar-refractivity contribution in [2.45, 2.75) is 70.3 Å². The van der Waals surface area contributed by atoms with Crippen LogP contribution in [0.1, 0.15) is 46.5 Å². The summed E-state index contributed by atoms with van der Waals surface area (Å²) in [7, 11) is 0. The van der Waals surface area contributed by atoms with Crippen molar-refractivity contribution >= 4 is 6.09 Å². The van der Waals surface area contributed by atoms with E-state index in [1.165, 1.54) is 0 Å². The first-order valence-corrected chi connectivity index (χ1v) is 6.87. The average molecular weight is 296 g/mol. The van der Waals surface area contributed by atoms with Crippen molar-refractivity contribution in [2.24, 2.45) is 0 Å². The molecule has 7 heteroatoms. The zero-order valence-electron chi connectivity index (χ0n) is 12.1. The Balaban J connectivity index is 2.58. The van der Waals surface area contributed by atoms with Crippen LogP contribution in [0, 0.1) is 0 Å². The third-order valence-corrected chi connectivity index (χ3v) is 3.02. The second kappa shape index (κ2) is 6.65. The SMILES string of the molecule is CC(C)(C)OC(=O)NC(CC1CCCCN1)C(F)(F)F. The Hall–Kier alpha value is -0.980. The summed E-state index contributed by atoms with van der Waals surface area (Å²) in [5, 5.41) is 4.99. The predicted octanol–water partition coefficient (Wildman–Crippen LogP) is 2.97. The number of piperidine rings is 1. The number of amides is 1. The van der Waals surface area contributed by atoms with Gasteiger partial charge in [0.1, 0.15) is 11.6 Å². The predicted molar refractivity (Wildman–Crippen MR) is 69.5 cm³/mol. The number of alkyl carbamates (subject to hydrolysis) is 1. The zero-order chi connectivity index (χ0) is 15.4. The molecule has 1 heterocycles. The van der Waals surface area contributed by atoms with Crippen LogP contribution >= 0.6 is 0 Å². The molecule has 0 aromatic rings. The summed E-state index contributed by atoms with van der Waals surface area (Å²) in [6.45, 7) is 5.55. The zero-order valence-corrected chi connectivity index (χ0v) is 12.1. The summed E-state index contributed by atoms with van der Waals surface area (Å²) >= 11 is 0. The Labute approximate surface area is 117 Å². The molecule has 2 atom stereocenters. The Kier molecular flexibility index (Phi) is 5.68. The smallest absolute Gasteiger partial charge is 0.408 e. The number of halogens is 3. The molecular formula is C13H23F3N2O2. The van der Waals surface area contributed by atoms with Gasteiger partial charge in [0.05, 0.1) is 0 Å². The highest BCUT2D eigenvalue weighted by Gasteiger charge is 2.42. The number of rotatable bonds is 3.